The predicted octanol–water partition coefficient (Wildman–Crippen LogP) is 2.76. The molecule has 3 rings (SSSR count). The van der Waals surface area contributed by atoms with Crippen LogP contribution in [0.4, 0.5) is 5.69 Å². The van der Waals surface area contributed by atoms with Gasteiger partial charge in [0, 0.05) is 10.7 Å². The van der Waals surface area contributed by atoms with Gasteiger partial charge in [-0.05, 0) is 42.0 Å². The minimum atomic E-state index is -0.534. The fraction of sp³-hybridized carbons (Fsp3) is 0.188. The number of β-lactam (4-membered cyclic amide) rings is 1. The molecule has 2 atom stereocenters. The normalized spacial score (nSPS) is 21.1. The molecule has 1 saturated heterocycles. The van der Waals surface area contributed by atoms with E-state index in [0.717, 1.165) is 17.0 Å². The van der Waals surface area contributed by atoms with Gasteiger partial charge in [-0.1, -0.05) is 23.7 Å². The zero-order chi connectivity index (χ0) is 15.0. The topological polar surface area (TPSA) is 55.6 Å². The second-order valence-electron chi connectivity index (χ2n) is 4.93. The molecular weight excluding hydrogens is 288 g/mol. The number of halogens is 1. The van der Waals surface area contributed by atoms with Crippen LogP contribution in [-0.2, 0) is 4.79 Å². The fourth-order valence-electron chi connectivity index (χ4n) is 2.58. The maximum absolute atomic E-state index is 12.1. The molecule has 5 heteroatoms. The summed E-state index contributed by atoms with van der Waals surface area (Å²) in [7, 11) is 1.61. The van der Waals surface area contributed by atoms with Crippen molar-refractivity contribution in [1.82, 2.24) is 0 Å². The summed E-state index contributed by atoms with van der Waals surface area (Å²) < 4.78 is 5.23. The van der Waals surface area contributed by atoms with Crippen molar-refractivity contribution in [2.24, 2.45) is 5.73 Å². The molecule has 2 aromatic carbocycles. The molecular formula is C16H15ClN2O2. The summed E-state index contributed by atoms with van der Waals surface area (Å²) in [6.07, 6.45) is 0. The van der Waals surface area contributed by atoms with Crippen molar-refractivity contribution in [3.63, 3.8) is 0 Å². The minimum absolute atomic E-state index is 0.0925. The molecule has 0 unspecified atom stereocenters. The highest BCUT2D eigenvalue weighted by Gasteiger charge is 2.46. The Kier molecular flexibility index (Phi) is 3.57. The number of carbonyl (C=O) groups is 1. The van der Waals surface area contributed by atoms with Crippen LogP contribution in [0.1, 0.15) is 11.6 Å². The molecule has 1 fully saturated rings. The predicted molar refractivity (Wildman–Crippen MR) is 82.6 cm³/mol. The van der Waals surface area contributed by atoms with Gasteiger partial charge in [-0.2, -0.15) is 0 Å². The van der Waals surface area contributed by atoms with E-state index in [1.165, 1.54) is 0 Å². The average molecular weight is 303 g/mol. The van der Waals surface area contributed by atoms with Gasteiger partial charge in [-0.3, -0.25) is 4.79 Å². The van der Waals surface area contributed by atoms with Crippen LogP contribution in [-0.4, -0.2) is 19.1 Å². The first-order chi connectivity index (χ1) is 10.1. The van der Waals surface area contributed by atoms with Crippen molar-refractivity contribution in [2.75, 3.05) is 12.0 Å². The summed E-state index contributed by atoms with van der Waals surface area (Å²) >= 11 is 5.89. The molecule has 108 valence electrons. The Bertz CT molecular complexity index is 672. The van der Waals surface area contributed by atoms with Gasteiger partial charge in [0.15, 0.2) is 0 Å². The van der Waals surface area contributed by atoms with Crippen LogP contribution in [0.2, 0.25) is 5.02 Å². The quantitative estimate of drug-likeness (QED) is 0.887. The Morgan fingerprint density at radius 2 is 1.90 bits per heavy atom. The maximum atomic E-state index is 12.1. The SMILES string of the molecule is COc1cccc([C@@H]2[C@@H](N)C(=O)N2c2ccc(Cl)cc2)c1. The monoisotopic (exact) mass is 302 g/mol. The largest absolute Gasteiger partial charge is 0.497 e. The highest BCUT2D eigenvalue weighted by Crippen LogP contribution is 2.39. The lowest BCUT2D eigenvalue weighted by Gasteiger charge is -2.45. The van der Waals surface area contributed by atoms with Crippen molar-refractivity contribution in [1.29, 1.82) is 0 Å². The number of anilines is 1. The number of ether oxygens (including phenoxy) is 1. The van der Waals surface area contributed by atoms with Gasteiger partial charge in [-0.25, -0.2) is 0 Å². The van der Waals surface area contributed by atoms with Crippen molar-refractivity contribution in [2.45, 2.75) is 12.1 Å². The molecule has 4 nitrogen and oxygen atoms in total. The van der Waals surface area contributed by atoms with Crippen LogP contribution in [0, 0.1) is 0 Å². The number of hydrogen-bond acceptors (Lipinski definition) is 3. The molecule has 0 spiro atoms. The van der Waals surface area contributed by atoms with E-state index in [4.69, 9.17) is 22.1 Å². The van der Waals surface area contributed by atoms with Crippen molar-refractivity contribution >= 4 is 23.2 Å². The Balaban J connectivity index is 1.96. The number of amides is 1. The number of benzene rings is 2. The molecule has 0 radical (unpaired) electrons. The first-order valence-corrected chi connectivity index (χ1v) is 6.98. The molecule has 0 bridgehead atoms. The summed E-state index contributed by atoms with van der Waals surface area (Å²) in [4.78, 5) is 13.8. The van der Waals surface area contributed by atoms with E-state index in [-0.39, 0.29) is 11.9 Å². The molecule has 21 heavy (non-hydrogen) atoms. The van der Waals surface area contributed by atoms with Crippen molar-refractivity contribution in [3.8, 4) is 5.75 Å². The van der Waals surface area contributed by atoms with Crippen LogP contribution in [0.15, 0.2) is 48.5 Å². The van der Waals surface area contributed by atoms with Gasteiger partial charge >= 0.3 is 0 Å². The Labute approximate surface area is 128 Å². The standard InChI is InChI=1S/C16H15ClN2O2/c1-21-13-4-2-3-10(9-13)15-14(18)16(20)19(15)12-7-5-11(17)6-8-12/h2-9,14-15H,18H2,1H3/t14-,15-/m1/s1. The van der Waals surface area contributed by atoms with Gasteiger partial charge in [0.05, 0.1) is 13.2 Å². The highest BCUT2D eigenvalue weighted by molar-refractivity contribution is 6.30. The van der Waals surface area contributed by atoms with Crippen LogP contribution in [0.25, 0.3) is 0 Å². The summed E-state index contributed by atoms with van der Waals surface area (Å²) in [5.41, 5.74) is 7.74. The van der Waals surface area contributed by atoms with E-state index < -0.39 is 6.04 Å². The summed E-state index contributed by atoms with van der Waals surface area (Å²) in [6, 6.07) is 14.0. The third-order valence-corrected chi connectivity index (χ3v) is 3.93. The zero-order valence-corrected chi connectivity index (χ0v) is 12.2. The number of hydrogen-bond donors (Lipinski definition) is 1. The van der Waals surface area contributed by atoms with Gasteiger partial charge < -0.3 is 15.4 Å². The van der Waals surface area contributed by atoms with Crippen LogP contribution >= 0.6 is 11.6 Å². The molecule has 0 aromatic heterocycles. The first-order valence-electron chi connectivity index (χ1n) is 6.60. The van der Waals surface area contributed by atoms with Crippen LogP contribution in [0.5, 0.6) is 5.75 Å². The third kappa shape index (κ3) is 2.37. The number of methoxy groups -OCH3 is 1. The number of rotatable bonds is 3. The summed E-state index contributed by atoms with van der Waals surface area (Å²) in [5, 5.41) is 0.633. The van der Waals surface area contributed by atoms with E-state index in [2.05, 4.69) is 0 Å². The molecule has 0 saturated carbocycles. The molecule has 2 aromatic rings. The summed E-state index contributed by atoms with van der Waals surface area (Å²) in [5.74, 6) is 0.653. The maximum Gasteiger partial charge on any atom is 0.247 e. The Morgan fingerprint density at radius 1 is 1.19 bits per heavy atom. The second-order valence-corrected chi connectivity index (χ2v) is 5.37. The Hall–Kier alpha value is -2.04. The van der Waals surface area contributed by atoms with Crippen molar-refractivity contribution in [3.05, 3.63) is 59.1 Å². The van der Waals surface area contributed by atoms with Crippen molar-refractivity contribution < 1.29 is 9.53 Å². The fourth-order valence-corrected chi connectivity index (χ4v) is 2.71. The third-order valence-electron chi connectivity index (χ3n) is 3.68. The van der Waals surface area contributed by atoms with Crippen LogP contribution in [0.3, 0.4) is 0 Å². The smallest absolute Gasteiger partial charge is 0.247 e. The average Bonchev–Trinajstić information content (AvgIpc) is 2.52. The molecule has 1 heterocycles. The Morgan fingerprint density at radius 3 is 2.57 bits per heavy atom. The van der Waals surface area contributed by atoms with Crippen LogP contribution < -0.4 is 15.4 Å². The molecule has 0 aliphatic carbocycles. The number of carbonyl (C=O) groups excluding carboxylic acids is 1. The minimum Gasteiger partial charge on any atom is -0.497 e. The zero-order valence-electron chi connectivity index (χ0n) is 11.5. The lowest BCUT2D eigenvalue weighted by Crippen LogP contribution is -2.63. The molecule has 1 aliphatic rings. The van der Waals surface area contributed by atoms with E-state index in [1.54, 1.807) is 24.1 Å². The van der Waals surface area contributed by atoms with Gasteiger partial charge in [0.25, 0.3) is 0 Å². The lowest BCUT2D eigenvalue weighted by atomic mass is 9.88. The first kappa shape index (κ1) is 13.9. The second kappa shape index (κ2) is 5.39. The van der Waals surface area contributed by atoms with Gasteiger partial charge in [-0.15, -0.1) is 0 Å². The van der Waals surface area contributed by atoms with E-state index in [9.17, 15) is 4.79 Å². The van der Waals surface area contributed by atoms with E-state index in [1.807, 2.05) is 36.4 Å². The highest BCUT2D eigenvalue weighted by atomic mass is 35.5. The van der Waals surface area contributed by atoms with E-state index in [0.29, 0.717) is 5.02 Å². The summed E-state index contributed by atoms with van der Waals surface area (Å²) in [6.45, 7) is 0. The number of nitrogens with zero attached hydrogens (tertiary/aromatic N) is 1. The van der Waals surface area contributed by atoms with Gasteiger partial charge in [0.1, 0.15) is 11.8 Å². The molecule has 1 amide bonds. The number of nitrogens with two attached hydrogens (primary N) is 1. The lowest BCUT2D eigenvalue weighted by molar-refractivity contribution is -0.126. The molecule has 2 N–H and O–H groups in total. The van der Waals surface area contributed by atoms with E-state index >= 15 is 0 Å². The molecule has 1 aliphatic heterocycles. The van der Waals surface area contributed by atoms with Gasteiger partial charge in [0.2, 0.25) is 5.91 Å².